The molecule has 0 aliphatic carbocycles. The van der Waals surface area contributed by atoms with Crippen LogP contribution in [0.4, 0.5) is 0 Å². The van der Waals surface area contributed by atoms with E-state index in [1.807, 2.05) is 24.3 Å². The van der Waals surface area contributed by atoms with E-state index in [4.69, 9.17) is 114 Å². The van der Waals surface area contributed by atoms with E-state index in [1.165, 1.54) is 0 Å². The van der Waals surface area contributed by atoms with Crippen molar-refractivity contribution < 1.29 is 114 Å². The zero-order valence-corrected chi connectivity index (χ0v) is 70.7. The van der Waals surface area contributed by atoms with Crippen LogP contribution in [-0.2, 0) is 25.7 Å². The lowest BCUT2D eigenvalue weighted by molar-refractivity contribution is 0.0431. The van der Waals surface area contributed by atoms with Gasteiger partial charge in [-0.3, -0.25) is 0 Å². The van der Waals surface area contributed by atoms with Gasteiger partial charge in [0.2, 0.25) is 128 Å². The van der Waals surface area contributed by atoms with Crippen LogP contribution in [0, 0.1) is 0 Å². The van der Waals surface area contributed by atoms with Crippen LogP contribution in [0.2, 0.25) is 0 Å². The van der Waals surface area contributed by atoms with Gasteiger partial charge < -0.3 is 114 Å². The maximum absolute atomic E-state index is 7.70. The van der Waals surface area contributed by atoms with E-state index in [1.54, 1.807) is 0 Å². The second kappa shape index (κ2) is 30.9. The molecule has 15 heterocycles. The van der Waals surface area contributed by atoms with E-state index in [2.05, 4.69) is 173 Å². The Bertz CT molecular complexity index is 5480. The van der Waals surface area contributed by atoms with Crippen LogP contribution in [0.25, 0.3) is 0 Å². The third kappa shape index (κ3) is 12.3. The largest absolute Gasteiger partial charge is 0.453 e. The number of hydrogen-bond acceptors (Lipinski definition) is 24. The lowest BCUT2D eigenvalue weighted by Gasteiger charge is -2.37. The van der Waals surface area contributed by atoms with Gasteiger partial charge in [-0.15, -0.1) is 0 Å². The fourth-order valence-electron chi connectivity index (χ4n) is 21.6. The molecule has 0 unspecified atom stereocenters. The van der Waals surface area contributed by atoms with E-state index < -0.39 is 129 Å². The molecule has 0 atom stereocenters. The molecule has 12 aromatic carbocycles. The summed E-state index contributed by atoms with van der Waals surface area (Å²) in [4.78, 5) is 0. The van der Waals surface area contributed by atoms with Crippen molar-refractivity contribution >= 4 is 0 Å². The summed E-state index contributed by atoms with van der Waals surface area (Å²) in [6.45, 7) is 3.20. The average Bonchev–Trinajstić information content (AvgIpc) is 0.721. The zero-order chi connectivity index (χ0) is 84.9. The summed E-state index contributed by atoms with van der Waals surface area (Å²) in [6.07, 6.45) is 3.99. The summed E-state index contributed by atoms with van der Waals surface area (Å²) in [5.74, 6) is 1.47. The average molecular weight is 1720 g/mol. The normalized spacial score (nSPS) is 20.8. The standard InChI is InChI=1S/C104H88O24/c1-53-65-33-67-54(2)69-35-71-56(4)72-36-70-55(3)68-34-66(53)82-98-84(68)108-43-110-86(70)100-88(72)112-44-111-87(71)99-85(69)109-42-107-83(67)97(81(65)105-41-106-82)121-49-125-101-89-73-37-75-62(30-26-58-19-11-6-12-20-58)77-39-79-64(32-28-60-23-15-8-16-24-60)80-40-78-63(31-27-59-21-13-7-14-22-59)76-38-74(61(73)29-25-57-17-9-5-10-18-57)90(114-45-113-89)102(126-50-122-98)92(76)116-47-118-94(78)104(128-52-124-100)96(80)120-48-119-95(79)103(127-51-123-99)93(77)117-46-115-91(75)101/h5-24,33-40,53-56,61-64H,25-32,41-52H2,1-4H3. The molecule has 128 heavy (non-hydrogen) atoms. The quantitative estimate of drug-likeness (QED) is 0.111. The molecule has 648 valence electrons. The predicted molar refractivity (Wildman–Crippen MR) is 462 cm³/mol. The van der Waals surface area contributed by atoms with Gasteiger partial charge in [-0.25, -0.2) is 0 Å². The highest BCUT2D eigenvalue weighted by atomic mass is 16.8. The summed E-state index contributed by atoms with van der Waals surface area (Å²) >= 11 is 0. The van der Waals surface area contributed by atoms with Gasteiger partial charge in [0.1, 0.15) is 0 Å². The summed E-state index contributed by atoms with van der Waals surface area (Å²) in [5.41, 5.74) is 15.8. The minimum absolute atomic E-state index is 0.199. The van der Waals surface area contributed by atoms with Crippen molar-refractivity contribution in [1.29, 1.82) is 0 Å². The highest BCUT2D eigenvalue weighted by Gasteiger charge is 2.48. The first-order valence-corrected chi connectivity index (χ1v) is 44.1. The van der Waals surface area contributed by atoms with Crippen molar-refractivity contribution in [2.45, 2.75) is 126 Å². The highest BCUT2D eigenvalue weighted by molar-refractivity contribution is 5.77. The molecule has 0 saturated heterocycles. The van der Waals surface area contributed by atoms with Crippen molar-refractivity contribution in [3.63, 3.8) is 0 Å². The van der Waals surface area contributed by atoms with Crippen LogP contribution in [-0.4, -0.2) is 81.5 Å². The second-order valence-corrected chi connectivity index (χ2v) is 34.4. The molecule has 38 bridgehead atoms. The molecule has 0 aromatic heterocycles. The SMILES string of the molecule is CC1c2cc3c4c5c2OCOc2c1cc1c6c2OCOc2c7c8cc9c2OCOc2c(cc%10c%11c2OCOc2c(c(cc%12c2OCOc2c(cc(c(c2OCOc2c%13c(cc(c2OCO%11)C%10CCc2ccccc2)C(CCc2ccccc2)c2cc(c(c(c2OCO%13)OCO5)OCO7)C8CCc2ccccc2)OCO4)C3C)C%12C)C1C)OCO6)C9CCc1ccccc1. The predicted octanol–water partition coefficient (Wildman–Crippen LogP) is 20.4. The molecule has 0 radical (unpaired) electrons. The Morgan fingerprint density at radius 1 is 0.156 bits per heavy atom. The molecule has 15 aliphatic heterocycles. The van der Waals surface area contributed by atoms with Crippen LogP contribution in [0.5, 0.6) is 138 Å². The Morgan fingerprint density at radius 2 is 0.273 bits per heavy atom. The minimum Gasteiger partial charge on any atom is -0.453 e. The van der Waals surface area contributed by atoms with Crippen LogP contribution in [0.15, 0.2) is 170 Å². The first-order chi connectivity index (χ1) is 63.2. The third-order valence-corrected chi connectivity index (χ3v) is 27.9. The lowest BCUT2D eigenvalue weighted by atomic mass is 9.75. The topological polar surface area (TPSA) is 222 Å². The number of ether oxygens (including phenoxy) is 24. The number of benzene rings is 12. The fraction of sp³-hybridized carbons (Fsp3) is 0.308. The molecule has 0 amide bonds. The maximum atomic E-state index is 7.70. The number of rotatable bonds is 12. The summed E-state index contributed by atoms with van der Waals surface area (Å²) in [5, 5.41) is 0. The van der Waals surface area contributed by atoms with Crippen LogP contribution >= 0.6 is 0 Å². The van der Waals surface area contributed by atoms with E-state index in [0.717, 1.165) is 66.8 Å². The van der Waals surface area contributed by atoms with E-state index in [0.29, 0.717) is 188 Å². The zero-order valence-electron chi connectivity index (χ0n) is 70.7. The van der Waals surface area contributed by atoms with Gasteiger partial charge in [0.25, 0.3) is 0 Å². The molecule has 15 aliphatic rings. The Balaban J connectivity index is 0.885. The number of aryl methyl sites for hydroxylation is 4. The number of hydrogen-bond donors (Lipinski definition) is 0. The molecule has 24 heteroatoms. The molecule has 24 nitrogen and oxygen atoms in total. The summed E-state index contributed by atoms with van der Waals surface area (Å²) < 4.78 is 178. The summed E-state index contributed by atoms with van der Waals surface area (Å²) in [7, 11) is 0. The molecular weight excluding hydrogens is 1630 g/mol. The first kappa shape index (κ1) is 76.3. The van der Waals surface area contributed by atoms with E-state index in [9.17, 15) is 0 Å². The Kier molecular flexibility index (Phi) is 18.4. The van der Waals surface area contributed by atoms with Gasteiger partial charge in [-0.1, -0.05) is 149 Å². The van der Waals surface area contributed by atoms with Crippen LogP contribution < -0.4 is 114 Å². The first-order valence-electron chi connectivity index (χ1n) is 44.1. The molecule has 27 rings (SSSR count). The molecular formula is C104H88O24. The van der Waals surface area contributed by atoms with Crippen LogP contribution in [0.3, 0.4) is 0 Å². The van der Waals surface area contributed by atoms with Crippen molar-refractivity contribution in [3.05, 3.63) is 281 Å². The van der Waals surface area contributed by atoms with Gasteiger partial charge in [0.05, 0.1) is 0 Å². The van der Waals surface area contributed by atoms with Gasteiger partial charge in [0.15, 0.2) is 92.0 Å². The van der Waals surface area contributed by atoms with Crippen molar-refractivity contribution in [3.8, 4) is 138 Å². The maximum Gasteiger partial charge on any atom is 0.231 e. The van der Waals surface area contributed by atoms with Gasteiger partial charge >= 0.3 is 0 Å². The van der Waals surface area contributed by atoms with Gasteiger partial charge in [-0.2, -0.15) is 0 Å². The number of fused-ring (bicyclic) bond motifs is 8. The lowest BCUT2D eigenvalue weighted by Crippen LogP contribution is -2.26. The Labute approximate surface area is 736 Å². The fourth-order valence-corrected chi connectivity index (χ4v) is 21.6. The van der Waals surface area contributed by atoms with Crippen molar-refractivity contribution in [2.24, 2.45) is 0 Å². The molecule has 0 saturated carbocycles. The second-order valence-electron chi connectivity index (χ2n) is 34.4. The Morgan fingerprint density at radius 3 is 0.414 bits per heavy atom. The third-order valence-electron chi connectivity index (χ3n) is 27.9. The minimum atomic E-state index is -0.680. The summed E-state index contributed by atoms with van der Waals surface area (Å²) in [6, 6.07) is 59.6. The highest BCUT2D eigenvalue weighted by Crippen LogP contribution is 2.67. The molecule has 12 aromatic rings. The van der Waals surface area contributed by atoms with Crippen molar-refractivity contribution in [1.82, 2.24) is 0 Å². The Hall–Kier alpha value is -14.2. The molecule has 0 spiro atoms. The molecule has 0 N–H and O–H groups in total. The van der Waals surface area contributed by atoms with E-state index >= 15 is 0 Å². The van der Waals surface area contributed by atoms with Gasteiger partial charge in [-0.05, 0) is 122 Å². The monoisotopic (exact) mass is 1720 g/mol. The molecule has 0 fully saturated rings. The van der Waals surface area contributed by atoms with E-state index in [-0.39, 0.29) is 46.0 Å². The van der Waals surface area contributed by atoms with Gasteiger partial charge in [0, 0.05) is 136 Å². The smallest absolute Gasteiger partial charge is 0.231 e. The van der Waals surface area contributed by atoms with Crippen LogP contribution in [0.1, 0.15) is 212 Å². The van der Waals surface area contributed by atoms with Crippen molar-refractivity contribution in [2.75, 3.05) is 81.5 Å².